The van der Waals surface area contributed by atoms with Gasteiger partial charge in [-0.05, 0) is 62.1 Å². The number of aliphatic carboxylic acids is 1. The summed E-state index contributed by atoms with van der Waals surface area (Å²) in [7, 11) is 0. The summed E-state index contributed by atoms with van der Waals surface area (Å²) in [5.41, 5.74) is 1.15. The number of para-hydroxylation sites is 1. The number of aromatic amines is 1. The van der Waals surface area contributed by atoms with Gasteiger partial charge in [0.25, 0.3) is 0 Å². The summed E-state index contributed by atoms with van der Waals surface area (Å²) in [6.45, 7) is 3.51. The zero-order valence-corrected chi connectivity index (χ0v) is 23.5. The quantitative estimate of drug-likeness (QED) is 0.296. The van der Waals surface area contributed by atoms with Crippen LogP contribution in [0.25, 0.3) is 22.4 Å². The summed E-state index contributed by atoms with van der Waals surface area (Å²) in [6, 6.07) is 15.3. The highest BCUT2D eigenvalue weighted by Crippen LogP contribution is 2.46. The summed E-state index contributed by atoms with van der Waals surface area (Å²) in [6.07, 6.45) is 1.44. The van der Waals surface area contributed by atoms with Gasteiger partial charge in [-0.1, -0.05) is 18.2 Å². The highest BCUT2D eigenvalue weighted by Gasteiger charge is 2.46. The second-order valence-electron chi connectivity index (χ2n) is 11.9. The maximum Gasteiger partial charge on any atom is 0.416 e. The van der Waals surface area contributed by atoms with E-state index in [2.05, 4.69) is 24.8 Å². The first kappa shape index (κ1) is 27.7. The SMILES string of the molecule is O=C(O)C1CC2(CCN(C3CCN(c4ccc(-c5nc6ccc(C(F)(F)F)cc6[nH]5)cn4)CC3)CC2)Oc2ccccc21. The largest absolute Gasteiger partial charge is 0.487 e. The van der Waals surface area contributed by atoms with Crippen molar-refractivity contribution in [2.24, 2.45) is 0 Å². The molecule has 11 heteroatoms. The Bertz CT molecular complexity index is 1640. The average molecular weight is 592 g/mol. The third kappa shape index (κ3) is 5.30. The van der Waals surface area contributed by atoms with Crippen molar-refractivity contribution in [1.29, 1.82) is 0 Å². The van der Waals surface area contributed by atoms with E-state index in [0.29, 0.717) is 40.6 Å². The fraction of sp³-hybridized carbons (Fsp3) is 0.406. The lowest BCUT2D eigenvalue weighted by atomic mass is 9.77. The number of hydrogen-bond donors (Lipinski definition) is 2. The molecule has 3 aliphatic rings. The van der Waals surface area contributed by atoms with Crippen LogP contribution in [0.15, 0.2) is 60.8 Å². The topological polar surface area (TPSA) is 94.6 Å². The van der Waals surface area contributed by atoms with Crippen molar-refractivity contribution < 1.29 is 27.8 Å². The van der Waals surface area contributed by atoms with Crippen molar-refractivity contribution in [3.8, 4) is 17.1 Å². The van der Waals surface area contributed by atoms with Gasteiger partial charge in [0, 0.05) is 56.0 Å². The van der Waals surface area contributed by atoms with Crippen LogP contribution in [-0.4, -0.2) is 68.7 Å². The number of alkyl halides is 3. The van der Waals surface area contributed by atoms with E-state index in [-0.39, 0.29) is 0 Å². The maximum atomic E-state index is 13.1. The van der Waals surface area contributed by atoms with Crippen LogP contribution in [0.2, 0.25) is 0 Å². The van der Waals surface area contributed by atoms with Crippen LogP contribution in [0.3, 0.4) is 0 Å². The first-order valence-electron chi connectivity index (χ1n) is 14.7. The highest BCUT2D eigenvalue weighted by atomic mass is 19.4. The fourth-order valence-electron chi connectivity index (χ4n) is 6.94. The number of carboxylic acid groups (broad SMARTS) is 1. The molecule has 0 bridgehead atoms. The van der Waals surface area contributed by atoms with E-state index < -0.39 is 29.2 Å². The Morgan fingerprint density at radius 2 is 1.79 bits per heavy atom. The minimum atomic E-state index is -4.41. The zero-order chi connectivity index (χ0) is 29.8. The molecule has 2 fully saturated rings. The summed E-state index contributed by atoms with van der Waals surface area (Å²) >= 11 is 0. The highest BCUT2D eigenvalue weighted by molar-refractivity contribution is 5.80. The van der Waals surface area contributed by atoms with E-state index >= 15 is 0 Å². The lowest BCUT2D eigenvalue weighted by Crippen LogP contribution is -2.55. The van der Waals surface area contributed by atoms with Gasteiger partial charge in [0.15, 0.2) is 0 Å². The van der Waals surface area contributed by atoms with Crippen LogP contribution in [0.4, 0.5) is 19.0 Å². The lowest BCUT2D eigenvalue weighted by molar-refractivity contribution is -0.142. The Morgan fingerprint density at radius 1 is 1.02 bits per heavy atom. The number of carboxylic acids is 1. The molecule has 0 radical (unpaired) electrons. The minimum Gasteiger partial charge on any atom is -0.487 e. The van der Waals surface area contributed by atoms with Crippen molar-refractivity contribution in [2.45, 2.75) is 55.8 Å². The average Bonchev–Trinajstić information content (AvgIpc) is 3.45. The number of anilines is 1. The number of ether oxygens (including phenoxy) is 1. The van der Waals surface area contributed by atoms with Crippen LogP contribution in [0.1, 0.15) is 49.1 Å². The van der Waals surface area contributed by atoms with Crippen molar-refractivity contribution in [3.63, 3.8) is 0 Å². The minimum absolute atomic E-state index is 0.334. The van der Waals surface area contributed by atoms with Gasteiger partial charge in [-0.25, -0.2) is 9.97 Å². The number of fused-ring (bicyclic) bond motifs is 2. The van der Waals surface area contributed by atoms with E-state index in [4.69, 9.17) is 4.74 Å². The second-order valence-corrected chi connectivity index (χ2v) is 11.9. The molecule has 4 aromatic rings. The van der Waals surface area contributed by atoms with Gasteiger partial charge < -0.3 is 19.7 Å². The van der Waals surface area contributed by atoms with Crippen LogP contribution in [-0.2, 0) is 11.0 Å². The molecular formula is C32H32F3N5O3. The van der Waals surface area contributed by atoms with Gasteiger partial charge in [-0.15, -0.1) is 0 Å². The second kappa shape index (κ2) is 10.6. The Balaban J connectivity index is 0.956. The molecule has 1 spiro atoms. The van der Waals surface area contributed by atoms with Crippen LogP contribution < -0.4 is 9.64 Å². The van der Waals surface area contributed by atoms with Crippen LogP contribution in [0, 0.1) is 0 Å². The predicted molar refractivity (Wildman–Crippen MR) is 155 cm³/mol. The molecule has 1 atom stereocenters. The molecule has 8 nitrogen and oxygen atoms in total. The van der Waals surface area contributed by atoms with E-state index in [1.807, 2.05) is 36.4 Å². The van der Waals surface area contributed by atoms with Gasteiger partial charge in [-0.3, -0.25) is 9.69 Å². The van der Waals surface area contributed by atoms with Gasteiger partial charge in [0.1, 0.15) is 23.0 Å². The number of rotatable bonds is 4. The molecule has 0 saturated carbocycles. The van der Waals surface area contributed by atoms with Gasteiger partial charge in [0.05, 0.1) is 22.5 Å². The molecule has 2 aromatic carbocycles. The molecule has 1 unspecified atom stereocenters. The molecule has 7 rings (SSSR count). The first-order valence-corrected chi connectivity index (χ1v) is 14.7. The number of halogens is 3. The number of piperidine rings is 2. The Labute approximate surface area is 246 Å². The number of aromatic nitrogens is 3. The lowest BCUT2D eigenvalue weighted by Gasteiger charge is -2.48. The Kier molecular flexibility index (Phi) is 6.80. The number of benzene rings is 2. The summed E-state index contributed by atoms with van der Waals surface area (Å²) in [5.74, 6) is 0.730. The number of imidazole rings is 1. The molecule has 2 aromatic heterocycles. The third-order valence-electron chi connectivity index (χ3n) is 9.34. The Hall–Kier alpha value is -4.12. The molecule has 5 heterocycles. The van der Waals surface area contributed by atoms with Gasteiger partial charge >= 0.3 is 12.1 Å². The summed E-state index contributed by atoms with van der Waals surface area (Å²) < 4.78 is 45.7. The zero-order valence-electron chi connectivity index (χ0n) is 23.5. The summed E-state index contributed by atoms with van der Waals surface area (Å²) in [5, 5.41) is 9.90. The standard InChI is InChI=1S/C32H32F3N5O3/c33-32(34,35)21-6-7-25-26(17-21)38-29(37-25)20-5-8-28(36-19-20)40-13-9-22(10-14-40)39-15-11-31(12-16-39)18-24(30(41)42)23-3-1-2-4-27(23)43-31/h1-8,17,19,22,24H,9-16,18H2,(H,37,38)(H,41,42). The predicted octanol–water partition coefficient (Wildman–Crippen LogP) is 6.10. The monoisotopic (exact) mass is 591 g/mol. The number of carbonyl (C=O) groups is 1. The fourth-order valence-corrected chi connectivity index (χ4v) is 6.94. The maximum absolute atomic E-state index is 13.1. The number of nitrogens with one attached hydrogen (secondary N) is 1. The smallest absolute Gasteiger partial charge is 0.416 e. The van der Waals surface area contributed by atoms with Crippen molar-refractivity contribution in [2.75, 3.05) is 31.1 Å². The molecule has 224 valence electrons. The van der Waals surface area contributed by atoms with E-state index in [9.17, 15) is 23.1 Å². The molecule has 0 aliphatic carbocycles. The van der Waals surface area contributed by atoms with Crippen molar-refractivity contribution in [3.05, 3.63) is 71.9 Å². The molecule has 2 N–H and O–H groups in total. The van der Waals surface area contributed by atoms with Crippen LogP contribution in [0.5, 0.6) is 5.75 Å². The first-order chi connectivity index (χ1) is 20.7. The normalized spacial score (nSPS) is 21.1. The summed E-state index contributed by atoms with van der Waals surface area (Å²) in [4.78, 5) is 28.9. The van der Waals surface area contributed by atoms with E-state index in [0.717, 1.165) is 75.4 Å². The van der Waals surface area contributed by atoms with Crippen LogP contribution >= 0.6 is 0 Å². The van der Waals surface area contributed by atoms with Crippen molar-refractivity contribution >= 4 is 22.8 Å². The van der Waals surface area contributed by atoms with Gasteiger partial charge in [-0.2, -0.15) is 13.2 Å². The third-order valence-corrected chi connectivity index (χ3v) is 9.34. The van der Waals surface area contributed by atoms with E-state index in [1.54, 1.807) is 6.20 Å². The molecule has 0 amide bonds. The molecular weight excluding hydrogens is 559 g/mol. The van der Waals surface area contributed by atoms with Crippen molar-refractivity contribution in [1.82, 2.24) is 19.9 Å². The number of hydrogen-bond acceptors (Lipinski definition) is 6. The molecule has 2 saturated heterocycles. The number of pyridine rings is 1. The number of H-pyrrole nitrogens is 1. The molecule has 3 aliphatic heterocycles. The number of nitrogens with zero attached hydrogens (tertiary/aromatic N) is 4. The van der Waals surface area contributed by atoms with E-state index in [1.165, 1.54) is 6.07 Å². The van der Waals surface area contributed by atoms with Gasteiger partial charge in [0.2, 0.25) is 0 Å². The Morgan fingerprint density at radius 3 is 2.49 bits per heavy atom. The number of likely N-dealkylation sites (tertiary alicyclic amines) is 1. The molecule has 43 heavy (non-hydrogen) atoms.